The van der Waals surface area contributed by atoms with E-state index in [4.69, 9.17) is 18.0 Å². The smallest absolute Gasteiger partial charge is 0.141 e. The number of pyridine rings is 1. The van der Waals surface area contributed by atoms with Crippen molar-refractivity contribution >= 4 is 17.2 Å². The van der Waals surface area contributed by atoms with Gasteiger partial charge in [-0.25, -0.2) is 4.39 Å². The molecule has 0 radical (unpaired) electrons. The Balaban J connectivity index is 2.63. The maximum Gasteiger partial charge on any atom is 0.141 e. The van der Waals surface area contributed by atoms with Gasteiger partial charge in [-0.2, -0.15) is 0 Å². The van der Waals surface area contributed by atoms with Crippen molar-refractivity contribution in [2.24, 2.45) is 5.73 Å². The minimum Gasteiger partial charge on any atom is -0.392 e. The summed E-state index contributed by atoms with van der Waals surface area (Å²) >= 11 is 4.87. The maximum absolute atomic E-state index is 12.9. The molecule has 1 aromatic rings. The molecule has 0 spiro atoms. The Bertz CT molecular complexity index is 357. The average molecular weight is 241 g/mol. The Hall–Kier alpha value is -1.07. The third-order valence-electron chi connectivity index (χ3n) is 2.09. The predicted octanol–water partition coefficient (Wildman–Crippen LogP) is 1.72. The SMILES string of the molecule is CCCN(CC(N)=S)Cc1cncc(F)c1. The highest BCUT2D eigenvalue weighted by atomic mass is 32.1. The molecular weight excluding hydrogens is 225 g/mol. The van der Waals surface area contributed by atoms with Crippen LogP contribution in [-0.2, 0) is 6.54 Å². The van der Waals surface area contributed by atoms with Crippen molar-refractivity contribution in [3.05, 3.63) is 29.8 Å². The summed E-state index contributed by atoms with van der Waals surface area (Å²) in [4.78, 5) is 6.35. The van der Waals surface area contributed by atoms with Gasteiger partial charge >= 0.3 is 0 Å². The highest BCUT2D eigenvalue weighted by Gasteiger charge is 2.07. The van der Waals surface area contributed by atoms with Crippen LogP contribution in [0.5, 0.6) is 0 Å². The van der Waals surface area contributed by atoms with Crippen LogP contribution < -0.4 is 5.73 Å². The number of nitrogens with two attached hydrogens (primary N) is 1. The fraction of sp³-hybridized carbons (Fsp3) is 0.455. The van der Waals surface area contributed by atoms with Crippen molar-refractivity contribution in [3.8, 4) is 0 Å². The van der Waals surface area contributed by atoms with Gasteiger partial charge in [-0.15, -0.1) is 0 Å². The van der Waals surface area contributed by atoms with Gasteiger partial charge in [0.2, 0.25) is 0 Å². The van der Waals surface area contributed by atoms with Crippen LogP contribution >= 0.6 is 12.2 Å². The normalized spacial score (nSPS) is 10.7. The molecule has 0 saturated carbocycles. The van der Waals surface area contributed by atoms with Crippen molar-refractivity contribution in [2.45, 2.75) is 19.9 Å². The Morgan fingerprint density at radius 3 is 2.88 bits per heavy atom. The second-order valence-electron chi connectivity index (χ2n) is 3.69. The van der Waals surface area contributed by atoms with E-state index in [1.807, 2.05) is 0 Å². The first-order valence-electron chi connectivity index (χ1n) is 5.22. The Morgan fingerprint density at radius 1 is 1.56 bits per heavy atom. The predicted molar refractivity (Wildman–Crippen MR) is 66.5 cm³/mol. The van der Waals surface area contributed by atoms with E-state index in [1.54, 1.807) is 6.20 Å². The quantitative estimate of drug-likeness (QED) is 0.770. The van der Waals surface area contributed by atoms with E-state index >= 15 is 0 Å². The van der Waals surface area contributed by atoms with Crippen molar-refractivity contribution in [3.63, 3.8) is 0 Å². The molecule has 0 atom stereocenters. The first-order chi connectivity index (χ1) is 7.61. The number of hydrogen-bond acceptors (Lipinski definition) is 3. The molecule has 88 valence electrons. The lowest BCUT2D eigenvalue weighted by Gasteiger charge is -2.20. The van der Waals surface area contributed by atoms with E-state index in [-0.39, 0.29) is 5.82 Å². The number of halogens is 1. The maximum atomic E-state index is 12.9. The van der Waals surface area contributed by atoms with E-state index in [0.29, 0.717) is 18.1 Å². The summed E-state index contributed by atoms with van der Waals surface area (Å²) in [5.41, 5.74) is 6.34. The molecule has 3 nitrogen and oxygen atoms in total. The Morgan fingerprint density at radius 2 is 2.31 bits per heavy atom. The molecule has 0 amide bonds. The van der Waals surface area contributed by atoms with Crippen LogP contribution in [0.3, 0.4) is 0 Å². The second-order valence-corrected chi connectivity index (χ2v) is 4.21. The molecular formula is C11H16FN3S. The van der Waals surface area contributed by atoms with Crippen molar-refractivity contribution in [1.29, 1.82) is 0 Å². The van der Waals surface area contributed by atoms with Gasteiger partial charge in [0.05, 0.1) is 11.2 Å². The number of rotatable bonds is 6. The highest BCUT2D eigenvalue weighted by molar-refractivity contribution is 7.80. The lowest BCUT2D eigenvalue weighted by Crippen LogP contribution is -2.32. The number of hydrogen-bond donors (Lipinski definition) is 1. The molecule has 0 unspecified atom stereocenters. The number of thiocarbonyl (C=S) groups is 1. The average Bonchev–Trinajstić information content (AvgIpc) is 2.16. The monoisotopic (exact) mass is 241 g/mol. The molecule has 0 bridgehead atoms. The Labute approximate surface area is 100 Å². The van der Waals surface area contributed by atoms with E-state index in [1.165, 1.54) is 12.3 Å². The molecule has 0 fully saturated rings. The molecule has 1 heterocycles. The van der Waals surface area contributed by atoms with Gasteiger partial charge in [-0.3, -0.25) is 9.88 Å². The van der Waals surface area contributed by atoms with E-state index in [9.17, 15) is 4.39 Å². The van der Waals surface area contributed by atoms with Crippen LogP contribution in [0.4, 0.5) is 4.39 Å². The summed E-state index contributed by atoms with van der Waals surface area (Å²) in [6.45, 7) is 4.14. The van der Waals surface area contributed by atoms with E-state index in [2.05, 4.69) is 16.8 Å². The van der Waals surface area contributed by atoms with Gasteiger partial charge in [-0.1, -0.05) is 19.1 Å². The zero-order valence-corrected chi connectivity index (χ0v) is 10.1. The van der Waals surface area contributed by atoms with E-state index < -0.39 is 0 Å². The molecule has 2 N–H and O–H groups in total. The van der Waals surface area contributed by atoms with Crippen molar-refractivity contribution in [2.75, 3.05) is 13.1 Å². The Kier molecular flexibility index (Phi) is 5.28. The molecule has 1 rings (SSSR count). The summed E-state index contributed by atoms with van der Waals surface area (Å²) in [5.74, 6) is -0.315. The molecule has 0 aliphatic carbocycles. The third-order valence-corrected chi connectivity index (χ3v) is 2.22. The summed E-state index contributed by atoms with van der Waals surface area (Å²) < 4.78 is 12.9. The lowest BCUT2D eigenvalue weighted by molar-refractivity contribution is 0.303. The number of nitrogens with zero attached hydrogens (tertiary/aromatic N) is 2. The summed E-state index contributed by atoms with van der Waals surface area (Å²) in [5, 5.41) is 0. The second kappa shape index (κ2) is 6.50. The van der Waals surface area contributed by atoms with Crippen LogP contribution in [0, 0.1) is 5.82 Å². The molecule has 0 saturated heterocycles. The largest absolute Gasteiger partial charge is 0.392 e. The standard InChI is InChI=1S/C11H16FN3S/c1-2-3-15(8-11(13)16)7-9-4-10(12)6-14-5-9/h4-6H,2-3,7-8H2,1H3,(H2,13,16). The number of aromatic nitrogens is 1. The third kappa shape index (κ3) is 4.63. The van der Waals surface area contributed by atoms with Crippen LogP contribution in [-0.4, -0.2) is 28.0 Å². The molecule has 0 aliphatic heterocycles. The van der Waals surface area contributed by atoms with E-state index in [0.717, 1.165) is 18.5 Å². The molecule has 0 aromatic carbocycles. The molecule has 16 heavy (non-hydrogen) atoms. The molecule has 1 aromatic heterocycles. The zero-order valence-electron chi connectivity index (χ0n) is 9.32. The van der Waals surface area contributed by atoms with Gasteiger partial charge in [0.25, 0.3) is 0 Å². The lowest BCUT2D eigenvalue weighted by atomic mass is 10.2. The topological polar surface area (TPSA) is 42.1 Å². The van der Waals surface area contributed by atoms with Gasteiger partial charge in [-0.05, 0) is 24.6 Å². The molecule has 0 aliphatic rings. The minimum atomic E-state index is -0.315. The molecule has 5 heteroatoms. The first kappa shape index (κ1) is 13.0. The minimum absolute atomic E-state index is 0.315. The van der Waals surface area contributed by atoms with Gasteiger partial charge < -0.3 is 5.73 Å². The van der Waals surface area contributed by atoms with Crippen LogP contribution in [0.1, 0.15) is 18.9 Å². The van der Waals surface area contributed by atoms with Crippen LogP contribution in [0.2, 0.25) is 0 Å². The summed E-state index contributed by atoms with van der Waals surface area (Å²) in [6.07, 6.45) is 3.86. The van der Waals surface area contributed by atoms with Gasteiger partial charge in [0, 0.05) is 19.3 Å². The van der Waals surface area contributed by atoms with Crippen molar-refractivity contribution < 1.29 is 4.39 Å². The summed E-state index contributed by atoms with van der Waals surface area (Å²) in [7, 11) is 0. The van der Waals surface area contributed by atoms with Crippen LogP contribution in [0.25, 0.3) is 0 Å². The van der Waals surface area contributed by atoms with Crippen molar-refractivity contribution in [1.82, 2.24) is 9.88 Å². The van der Waals surface area contributed by atoms with Gasteiger partial charge in [0.15, 0.2) is 0 Å². The fourth-order valence-electron chi connectivity index (χ4n) is 1.55. The highest BCUT2D eigenvalue weighted by Crippen LogP contribution is 2.05. The first-order valence-corrected chi connectivity index (χ1v) is 5.62. The van der Waals surface area contributed by atoms with Crippen LogP contribution in [0.15, 0.2) is 18.5 Å². The van der Waals surface area contributed by atoms with Gasteiger partial charge in [0.1, 0.15) is 5.82 Å². The zero-order chi connectivity index (χ0) is 12.0. The summed E-state index contributed by atoms with van der Waals surface area (Å²) in [6, 6.07) is 1.48. The fourth-order valence-corrected chi connectivity index (χ4v) is 1.73.